The minimum atomic E-state index is -1.17. The Kier molecular flexibility index (Phi) is 7.60. The number of benzene rings is 3. The summed E-state index contributed by atoms with van der Waals surface area (Å²) in [5.41, 5.74) is 1.47. The van der Waals surface area contributed by atoms with E-state index in [0.29, 0.717) is 17.0 Å². The van der Waals surface area contributed by atoms with Crippen molar-refractivity contribution in [3.05, 3.63) is 120 Å². The molecular weight excluding hydrogens is 466 g/mol. The van der Waals surface area contributed by atoms with E-state index in [1.54, 1.807) is 31.4 Å². The van der Waals surface area contributed by atoms with E-state index in [1.807, 2.05) is 0 Å². The highest BCUT2D eigenvalue weighted by Crippen LogP contribution is 2.28. The van der Waals surface area contributed by atoms with Crippen LogP contribution in [0.5, 0.6) is 5.75 Å². The molecular formula is C27H22F2N4O3. The second-order valence-electron chi connectivity index (χ2n) is 7.82. The van der Waals surface area contributed by atoms with Crippen molar-refractivity contribution in [1.82, 2.24) is 14.9 Å². The Morgan fingerprint density at radius 2 is 1.56 bits per heavy atom. The van der Waals surface area contributed by atoms with Gasteiger partial charge in [-0.3, -0.25) is 14.6 Å². The van der Waals surface area contributed by atoms with Gasteiger partial charge in [-0.05, 0) is 59.7 Å². The number of nitrogens with zero attached hydrogens (tertiary/aromatic N) is 3. The van der Waals surface area contributed by atoms with Gasteiger partial charge < -0.3 is 15.0 Å². The number of aromatic nitrogens is 2. The van der Waals surface area contributed by atoms with Gasteiger partial charge in [-0.15, -0.1) is 0 Å². The quantitative estimate of drug-likeness (QED) is 0.386. The number of ether oxygens (including phenoxy) is 1. The third-order valence-electron chi connectivity index (χ3n) is 5.41. The maximum absolute atomic E-state index is 13.7. The largest absolute Gasteiger partial charge is 0.497 e. The highest BCUT2D eigenvalue weighted by atomic mass is 19.1. The number of hydrogen-bond acceptors (Lipinski definition) is 5. The van der Waals surface area contributed by atoms with E-state index in [0.717, 1.165) is 5.56 Å². The molecule has 0 saturated heterocycles. The minimum absolute atomic E-state index is 0.0261. The summed E-state index contributed by atoms with van der Waals surface area (Å²) < 4.78 is 32.3. The van der Waals surface area contributed by atoms with E-state index in [9.17, 15) is 18.4 Å². The summed E-state index contributed by atoms with van der Waals surface area (Å²) in [4.78, 5) is 36.7. The average Bonchev–Trinajstić information content (AvgIpc) is 2.91. The van der Waals surface area contributed by atoms with Crippen LogP contribution < -0.4 is 10.1 Å². The van der Waals surface area contributed by atoms with Gasteiger partial charge in [0.25, 0.3) is 11.8 Å². The van der Waals surface area contributed by atoms with E-state index in [1.165, 1.54) is 72.0 Å². The third kappa shape index (κ3) is 5.87. The molecule has 1 aromatic heterocycles. The van der Waals surface area contributed by atoms with Crippen molar-refractivity contribution in [2.45, 2.75) is 12.6 Å². The van der Waals surface area contributed by atoms with E-state index < -0.39 is 29.5 Å². The van der Waals surface area contributed by atoms with Crippen molar-refractivity contribution in [2.24, 2.45) is 0 Å². The standard InChI is InChI=1S/C27H22F2N4O3/c1-36-23-12-2-18(3-13-23)17-33(27(35)24-16-30-14-15-31-24)25(19-4-6-20(28)7-5-19)26(34)32-22-10-8-21(29)9-11-22/h2-16,25H,17H2,1H3,(H,32,34)/t25-/m1/s1. The lowest BCUT2D eigenvalue weighted by molar-refractivity contribution is -0.121. The summed E-state index contributed by atoms with van der Waals surface area (Å²) in [5.74, 6) is -1.43. The van der Waals surface area contributed by atoms with E-state index in [-0.39, 0.29) is 12.2 Å². The van der Waals surface area contributed by atoms with Crippen LogP contribution in [-0.2, 0) is 11.3 Å². The van der Waals surface area contributed by atoms with Gasteiger partial charge in [0.2, 0.25) is 0 Å². The van der Waals surface area contributed by atoms with E-state index in [4.69, 9.17) is 4.74 Å². The summed E-state index contributed by atoms with van der Waals surface area (Å²) in [6, 6.07) is 16.4. The molecule has 0 aliphatic carbocycles. The molecule has 1 heterocycles. The fraction of sp³-hybridized carbons (Fsp3) is 0.111. The zero-order chi connectivity index (χ0) is 25.5. The van der Waals surface area contributed by atoms with E-state index >= 15 is 0 Å². The van der Waals surface area contributed by atoms with Crippen LogP contribution in [0.25, 0.3) is 0 Å². The molecule has 1 atom stereocenters. The number of anilines is 1. The van der Waals surface area contributed by atoms with Gasteiger partial charge in [-0.2, -0.15) is 0 Å². The van der Waals surface area contributed by atoms with Crippen LogP contribution in [0.3, 0.4) is 0 Å². The van der Waals surface area contributed by atoms with Crippen LogP contribution in [0.15, 0.2) is 91.4 Å². The van der Waals surface area contributed by atoms with Gasteiger partial charge in [0.15, 0.2) is 0 Å². The number of carbonyl (C=O) groups is 2. The van der Waals surface area contributed by atoms with E-state index in [2.05, 4.69) is 15.3 Å². The molecule has 0 fully saturated rings. The van der Waals surface area contributed by atoms with Crippen LogP contribution in [0, 0.1) is 11.6 Å². The molecule has 0 spiro atoms. The van der Waals surface area contributed by atoms with Gasteiger partial charge in [0, 0.05) is 24.6 Å². The Labute approximate surface area is 206 Å². The molecule has 36 heavy (non-hydrogen) atoms. The first-order chi connectivity index (χ1) is 17.4. The maximum atomic E-state index is 13.7. The fourth-order valence-corrected chi connectivity index (χ4v) is 3.63. The summed E-state index contributed by atoms with van der Waals surface area (Å²) in [6.07, 6.45) is 4.12. The summed E-state index contributed by atoms with van der Waals surface area (Å²) in [6.45, 7) is 0.0261. The topological polar surface area (TPSA) is 84.4 Å². The van der Waals surface area contributed by atoms with Crippen LogP contribution in [0.4, 0.5) is 14.5 Å². The molecule has 0 aliphatic heterocycles. The molecule has 0 saturated carbocycles. The molecule has 0 unspecified atom stereocenters. The first kappa shape index (κ1) is 24.5. The molecule has 3 aromatic carbocycles. The lowest BCUT2D eigenvalue weighted by Crippen LogP contribution is -2.41. The molecule has 7 nitrogen and oxygen atoms in total. The fourth-order valence-electron chi connectivity index (χ4n) is 3.63. The smallest absolute Gasteiger partial charge is 0.275 e. The molecule has 0 radical (unpaired) electrons. The Morgan fingerprint density at radius 1 is 0.917 bits per heavy atom. The predicted molar refractivity (Wildman–Crippen MR) is 129 cm³/mol. The predicted octanol–water partition coefficient (Wildman–Crippen LogP) is 4.79. The monoisotopic (exact) mass is 488 g/mol. The zero-order valence-electron chi connectivity index (χ0n) is 19.3. The Bertz CT molecular complexity index is 1320. The number of rotatable bonds is 8. The molecule has 0 aliphatic rings. The average molecular weight is 488 g/mol. The minimum Gasteiger partial charge on any atom is -0.497 e. The molecule has 1 N–H and O–H groups in total. The first-order valence-corrected chi connectivity index (χ1v) is 11.0. The molecule has 4 rings (SSSR count). The number of amides is 2. The van der Waals surface area contributed by atoms with Gasteiger partial charge >= 0.3 is 0 Å². The van der Waals surface area contributed by atoms with Crippen LogP contribution in [0.2, 0.25) is 0 Å². The number of methoxy groups -OCH3 is 1. The lowest BCUT2D eigenvalue weighted by atomic mass is 10.0. The van der Waals surface area contributed by atoms with Crippen LogP contribution in [0.1, 0.15) is 27.7 Å². The lowest BCUT2D eigenvalue weighted by Gasteiger charge is -2.31. The maximum Gasteiger partial charge on any atom is 0.275 e. The number of nitrogens with one attached hydrogen (secondary N) is 1. The molecule has 182 valence electrons. The van der Waals surface area contributed by atoms with Crippen LogP contribution >= 0.6 is 0 Å². The number of hydrogen-bond donors (Lipinski definition) is 1. The highest BCUT2D eigenvalue weighted by molar-refractivity contribution is 6.00. The van der Waals surface area contributed by atoms with Gasteiger partial charge in [0.05, 0.1) is 13.3 Å². The van der Waals surface area contributed by atoms with Crippen molar-refractivity contribution in [2.75, 3.05) is 12.4 Å². The van der Waals surface area contributed by atoms with Crippen molar-refractivity contribution < 1.29 is 23.1 Å². The molecule has 9 heteroatoms. The second-order valence-corrected chi connectivity index (χ2v) is 7.82. The van der Waals surface area contributed by atoms with Gasteiger partial charge in [0.1, 0.15) is 29.1 Å². The zero-order valence-corrected chi connectivity index (χ0v) is 19.3. The van der Waals surface area contributed by atoms with Crippen LogP contribution in [-0.4, -0.2) is 33.8 Å². The summed E-state index contributed by atoms with van der Waals surface area (Å²) in [5, 5.41) is 2.72. The normalized spacial score (nSPS) is 11.4. The second kappa shape index (κ2) is 11.2. The van der Waals surface area contributed by atoms with Crippen molar-refractivity contribution in [3.63, 3.8) is 0 Å². The Hall–Kier alpha value is -4.66. The first-order valence-electron chi connectivity index (χ1n) is 11.0. The highest BCUT2D eigenvalue weighted by Gasteiger charge is 2.33. The summed E-state index contributed by atoms with van der Waals surface area (Å²) >= 11 is 0. The molecule has 4 aromatic rings. The Morgan fingerprint density at radius 3 is 2.14 bits per heavy atom. The Balaban J connectivity index is 1.77. The van der Waals surface area contributed by atoms with Crippen molar-refractivity contribution in [3.8, 4) is 5.75 Å². The third-order valence-corrected chi connectivity index (χ3v) is 5.41. The molecule has 0 bridgehead atoms. The number of carbonyl (C=O) groups excluding carboxylic acids is 2. The SMILES string of the molecule is COc1ccc(CN(C(=O)c2cnccn2)[C@@H](C(=O)Nc2ccc(F)cc2)c2ccc(F)cc2)cc1. The summed E-state index contributed by atoms with van der Waals surface area (Å²) in [7, 11) is 1.54. The van der Waals surface area contributed by atoms with Crippen molar-refractivity contribution >= 4 is 17.5 Å². The van der Waals surface area contributed by atoms with Gasteiger partial charge in [-0.1, -0.05) is 24.3 Å². The van der Waals surface area contributed by atoms with Gasteiger partial charge in [-0.25, -0.2) is 13.8 Å². The van der Waals surface area contributed by atoms with Crippen molar-refractivity contribution in [1.29, 1.82) is 0 Å². The molecule has 2 amide bonds. The number of halogens is 2.